The molecule has 0 aliphatic carbocycles. The second-order valence-corrected chi connectivity index (χ2v) is 5.96. The number of rotatable bonds is 6. The summed E-state index contributed by atoms with van der Waals surface area (Å²) in [5, 5.41) is 11.3. The lowest BCUT2D eigenvalue weighted by atomic mass is 10.2. The van der Waals surface area contributed by atoms with Crippen LogP contribution < -0.4 is 5.32 Å². The summed E-state index contributed by atoms with van der Waals surface area (Å²) in [6.45, 7) is 0.563. The molecular formula is C12H13F3N2O2S. The summed E-state index contributed by atoms with van der Waals surface area (Å²) in [5.41, 5.74) is -4.76. The van der Waals surface area contributed by atoms with Crippen molar-refractivity contribution in [3.63, 3.8) is 0 Å². The minimum absolute atomic E-state index is 0.449. The van der Waals surface area contributed by atoms with Gasteiger partial charge in [0, 0.05) is 18.7 Å². The molecule has 0 radical (unpaired) electrons. The van der Waals surface area contributed by atoms with E-state index in [1.165, 1.54) is 12.1 Å². The third kappa shape index (κ3) is 4.13. The second-order valence-electron chi connectivity index (χ2n) is 4.02. The van der Waals surface area contributed by atoms with E-state index in [4.69, 9.17) is 5.26 Å². The molecule has 4 nitrogen and oxygen atoms in total. The summed E-state index contributed by atoms with van der Waals surface area (Å²) < 4.78 is 59.2. The van der Waals surface area contributed by atoms with E-state index in [0.29, 0.717) is 18.7 Å². The van der Waals surface area contributed by atoms with Gasteiger partial charge in [-0.2, -0.15) is 18.4 Å². The Morgan fingerprint density at radius 1 is 1.15 bits per heavy atom. The number of benzene rings is 1. The van der Waals surface area contributed by atoms with Gasteiger partial charge < -0.3 is 5.32 Å². The first-order chi connectivity index (χ1) is 9.29. The van der Waals surface area contributed by atoms with E-state index < -0.39 is 20.2 Å². The van der Waals surface area contributed by atoms with Gasteiger partial charge in [-0.1, -0.05) is 0 Å². The molecule has 0 aliphatic rings. The summed E-state index contributed by atoms with van der Waals surface area (Å²) in [4.78, 5) is -0.778. The maximum atomic E-state index is 12.3. The van der Waals surface area contributed by atoms with Crippen LogP contribution >= 0.6 is 0 Å². The zero-order valence-electron chi connectivity index (χ0n) is 10.4. The van der Waals surface area contributed by atoms with E-state index in [2.05, 4.69) is 5.32 Å². The Kier molecular flexibility index (Phi) is 5.39. The van der Waals surface area contributed by atoms with Crippen molar-refractivity contribution in [3.8, 4) is 6.07 Å². The summed E-state index contributed by atoms with van der Waals surface area (Å²) >= 11 is 0. The topological polar surface area (TPSA) is 70.0 Å². The summed E-state index contributed by atoms with van der Waals surface area (Å²) in [7, 11) is -5.29. The Hall–Kier alpha value is -1.75. The first kappa shape index (κ1) is 16.3. The summed E-state index contributed by atoms with van der Waals surface area (Å²) in [5.74, 6) is 0. The fraction of sp³-hybridized carbons (Fsp3) is 0.417. The predicted octanol–water partition coefficient (Wildman–Crippen LogP) is 3.09. The number of nitrogens with one attached hydrogen (secondary N) is 1. The van der Waals surface area contributed by atoms with Gasteiger partial charge >= 0.3 is 5.51 Å². The molecule has 1 aromatic carbocycles. The Morgan fingerprint density at radius 3 is 2.25 bits per heavy atom. The first-order valence-electron chi connectivity index (χ1n) is 5.81. The highest BCUT2D eigenvalue weighted by molar-refractivity contribution is 7.92. The highest BCUT2D eigenvalue weighted by Crippen LogP contribution is 2.30. The van der Waals surface area contributed by atoms with Crippen LogP contribution in [-0.4, -0.2) is 20.5 Å². The number of hydrogen-bond acceptors (Lipinski definition) is 4. The molecule has 0 aromatic heterocycles. The molecule has 0 saturated heterocycles. The number of nitrogens with zero attached hydrogens (tertiary/aromatic N) is 1. The van der Waals surface area contributed by atoms with Gasteiger partial charge in [0.2, 0.25) is 0 Å². The lowest BCUT2D eigenvalue weighted by molar-refractivity contribution is -0.0436. The third-order valence-corrected chi connectivity index (χ3v) is 4.02. The van der Waals surface area contributed by atoms with Gasteiger partial charge in [-0.25, -0.2) is 8.42 Å². The van der Waals surface area contributed by atoms with Gasteiger partial charge in [0.25, 0.3) is 9.84 Å². The number of anilines is 1. The molecule has 0 spiro atoms. The minimum Gasteiger partial charge on any atom is -0.385 e. The van der Waals surface area contributed by atoms with Crippen molar-refractivity contribution in [2.75, 3.05) is 11.9 Å². The minimum atomic E-state index is -5.29. The number of nitriles is 1. The zero-order chi connectivity index (χ0) is 15.2. The second kappa shape index (κ2) is 6.61. The number of unbranched alkanes of at least 4 members (excludes halogenated alkanes) is 2. The van der Waals surface area contributed by atoms with Crippen molar-refractivity contribution in [1.29, 1.82) is 5.26 Å². The maximum Gasteiger partial charge on any atom is 0.501 e. The SMILES string of the molecule is N#CCCCCNc1ccc(S(=O)(=O)C(F)(F)F)cc1. The van der Waals surface area contributed by atoms with Crippen LogP contribution in [0.2, 0.25) is 0 Å². The number of hydrogen-bond donors (Lipinski definition) is 1. The number of halogens is 3. The van der Waals surface area contributed by atoms with Gasteiger partial charge in [0.15, 0.2) is 0 Å². The third-order valence-electron chi connectivity index (χ3n) is 2.51. The summed E-state index contributed by atoms with van der Waals surface area (Å²) in [6.07, 6.45) is 1.92. The molecule has 1 rings (SSSR count). The van der Waals surface area contributed by atoms with Crippen LogP contribution in [0.1, 0.15) is 19.3 Å². The van der Waals surface area contributed by atoms with Crippen LogP contribution in [0.5, 0.6) is 0 Å². The van der Waals surface area contributed by atoms with E-state index in [9.17, 15) is 21.6 Å². The Labute approximate surface area is 115 Å². The van der Waals surface area contributed by atoms with E-state index in [1.807, 2.05) is 6.07 Å². The van der Waals surface area contributed by atoms with E-state index in [-0.39, 0.29) is 0 Å². The van der Waals surface area contributed by atoms with E-state index >= 15 is 0 Å². The first-order valence-corrected chi connectivity index (χ1v) is 7.29. The Bertz CT molecular complexity index is 574. The molecule has 0 unspecified atom stereocenters. The Morgan fingerprint density at radius 2 is 1.75 bits per heavy atom. The normalized spacial score (nSPS) is 11.9. The highest BCUT2D eigenvalue weighted by atomic mass is 32.2. The van der Waals surface area contributed by atoms with Crippen LogP contribution in [0.4, 0.5) is 18.9 Å². The van der Waals surface area contributed by atoms with Gasteiger partial charge in [0.1, 0.15) is 0 Å². The molecule has 1 aromatic rings. The van der Waals surface area contributed by atoms with Crippen LogP contribution in [0.15, 0.2) is 29.2 Å². The monoisotopic (exact) mass is 306 g/mol. The van der Waals surface area contributed by atoms with Crippen molar-refractivity contribution >= 4 is 15.5 Å². The van der Waals surface area contributed by atoms with Crippen LogP contribution in [0.3, 0.4) is 0 Å². The summed E-state index contributed by atoms with van der Waals surface area (Å²) in [6, 6.07) is 6.40. The lowest BCUT2D eigenvalue weighted by Crippen LogP contribution is -2.23. The van der Waals surface area contributed by atoms with Gasteiger partial charge in [0.05, 0.1) is 11.0 Å². The van der Waals surface area contributed by atoms with Crippen molar-refractivity contribution in [3.05, 3.63) is 24.3 Å². The molecule has 1 N–H and O–H groups in total. The average Bonchev–Trinajstić information content (AvgIpc) is 2.38. The maximum absolute atomic E-state index is 12.3. The van der Waals surface area contributed by atoms with Crippen LogP contribution in [0, 0.1) is 11.3 Å². The van der Waals surface area contributed by atoms with Gasteiger partial charge in [-0.15, -0.1) is 0 Å². The lowest BCUT2D eigenvalue weighted by Gasteiger charge is -2.09. The molecule has 0 amide bonds. The smallest absolute Gasteiger partial charge is 0.385 e. The van der Waals surface area contributed by atoms with Gasteiger partial charge in [-0.05, 0) is 37.1 Å². The molecule has 110 valence electrons. The molecule has 0 bridgehead atoms. The van der Waals surface area contributed by atoms with Crippen molar-refractivity contribution in [1.82, 2.24) is 0 Å². The van der Waals surface area contributed by atoms with Gasteiger partial charge in [-0.3, -0.25) is 0 Å². The molecule has 0 fully saturated rings. The largest absolute Gasteiger partial charge is 0.501 e. The van der Waals surface area contributed by atoms with E-state index in [1.54, 1.807) is 0 Å². The molecule has 8 heteroatoms. The fourth-order valence-corrected chi connectivity index (χ4v) is 2.21. The van der Waals surface area contributed by atoms with Crippen molar-refractivity contribution < 1.29 is 21.6 Å². The standard InChI is InChI=1S/C12H13F3N2O2S/c13-12(14,15)20(18,19)11-6-4-10(5-7-11)17-9-3-1-2-8-16/h4-7,17H,1-3,9H2. The number of alkyl halides is 3. The van der Waals surface area contributed by atoms with Crippen molar-refractivity contribution in [2.45, 2.75) is 29.7 Å². The van der Waals surface area contributed by atoms with Crippen LogP contribution in [-0.2, 0) is 9.84 Å². The van der Waals surface area contributed by atoms with E-state index in [0.717, 1.165) is 25.0 Å². The molecule has 0 heterocycles. The molecule has 0 atom stereocenters. The zero-order valence-corrected chi connectivity index (χ0v) is 11.3. The molecule has 0 saturated carbocycles. The number of sulfone groups is 1. The highest BCUT2D eigenvalue weighted by Gasteiger charge is 2.46. The quantitative estimate of drug-likeness (QED) is 0.820. The molecular weight excluding hydrogens is 293 g/mol. The fourth-order valence-electron chi connectivity index (χ4n) is 1.45. The van der Waals surface area contributed by atoms with Crippen LogP contribution in [0.25, 0.3) is 0 Å². The van der Waals surface area contributed by atoms with Crippen molar-refractivity contribution in [2.24, 2.45) is 0 Å². The molecule has 20 heavy (non-hydrogen) atoms. The predicted molar refractivity (Wildman–Crippen MR) is 67.6 cm³/mol. The Balaban J connectivity index is 2.64. The molecule has 0 aliphatic heterocycles. The average molecular weight is 306 g/mol.